The maximum atomic E-state index is 6.50. The summed E-state index contributed by atoms with van der Waals surface area (Å²) < 4.78 is 5.93. The predicted molar refractivity (Wildman–Crippen MR) is 76.9 cm³/mol. The van der Waals surface area contributed by atoms with Crippen molar-refractivity contribution in [2.75, 3.05) is 0 Å². The monoisotopic (exact) mass is 253 g/mol. The van der Waals surface area contributed by atoms with Gasteiger partial charge in [0, 0.05) is 12.0 Å². The van der Waals surface area contributed by atoms with Gasteiger partial charge in [-0.05, 0) is 41.7 Å². The summed E-state index contributed by atoms with van der Waals surface area (Å²) in [6.07, 6.45) is 4.42. The largest absolute Gasteiger partial charge is 0.375 e. The molecule has 0 radical (unpaired) electrons. The lowest BCUT2D eigenvalue weighted by Crippen LogP contribution is -2.29. The minimum absolute atomic E-state index is 0.111. The van der Waals surface area contributed by atoms with E-state index in [0.29, 0.717) is 18.1 Å². The molecule has 2 aromatic rings. The van der Waals surface area contributed by atoms with Crippen LogP contribution in [-0.2, 0) is 4.74 Å². The van der Waals surface area contributed by atoms with E-state index < -0.39 is 0 Å². The lowest BCUT2D eigenvalue weighted by molar-refractivity contribution is 0.0885. The van der Waals surface area contributed by atoms with E-state index in [-0.39, 0.29) is 6.04 Å². The zero-order valence-corrected chi connectivity index (χ0v) is 11.0. The lowest BCUT2D eigenvalue weighted by atomic mass is 9.81. The fourth-order valence-corrected chi connectivity index (χ4v) is 3.72. The third-order valence-electron chi connectivity index (χ3n) is 4.77. The number of nitrogens with two attached hydrogens (primary N) is 1. The molecule has 0 aromatic heterocycles. The topological polar surface area (TPSA) is 35.2 Å². The second-order valence-electron chi connectivity index (χ2n) is 5.91. The lowest BCUT2D eigenvalue weighted by Gasteiger charge is -2.25. The molecule has 2 heterocycles. The molecule has 4 unspecified atom stereocenters. The van der Waals surface area contributed by atoms with E-state index in [9.17, 15) is 0 Å². The van der Waals surface area contributed by atoms with Crippen LogP contribution >= 0.6 is 0 Å². The minimum atomic E-state index is 0.111. The van der Waals surface area contributed by atoms with Crippen molar-refractivity contribution in [1.82, 2.24) is 0 Å². The molecule has 4 rings (SSSR count). The van der Waals surface area contributed by atoms with E-state index in [4.69, 9.17) is 10.5 Å². The Balaban J connectivity index is 1.66. The first kappa shape index (κ1) is 11.4. The molecule has 2 fully saturated rings. The fourth-order valence-electron chi connectivity index (χ4n) is 3.72. The van der Waals surface area contributed by atoms with Gasteiger partial charge < -0.3 is 10.5 Å². The van der Waals surface area contributed by atoms with Gasteiger partial charge in [-0.1, -0.05) is 36.4 Å². The van der Waals surface area contributed by atoms with Gasteiger partial charge >= 0.3 is 0 Å². The highest BCUT2D eigenvalue weighted by molar-refractivity contribution is 5.83. The summed E-state index contributed by atoms with van der Waals surface area (Å²) in [6, 6.07) is 15.2. The Morgan fingerprint density at radius 2 is 1.89 bits per heavy atom. The summed E-state index contributed by atoms with van der Waals surface area (Å²) in [7, 11) is 0. The van der Waals surface area contributed by atoms with Crippen LogP contribution in [0, 0.1) is 5.92 Å². The van der Waals surface area contributed by atoms with Gasteiger partial charge in [0.15, 0.2) is 0 Å². The molecule has 2 saturated heterocycles. The number of hydrogen-bond donors (Lipinski definition) is 1. The van der Waals surface area contributed by atoms with Gasteiger partial charge in [0.25, 0.3) is 0 Å². The molecule has 0 aliphatic carbocycles. The third-order valence-corrected chi connectivity index (χ3v) is 4.77. The highest BCUT2D eigenvalue weighted by Crippen LogP contribution is 2.44. The molecule has 2 aliphatic rings. The zero-order valence-electron chi connectivity index (χ0n) is 11.0. The highest BCUT2D eigenvalue weighted by Gasteiger charge is 2.43. The van der Waals surface area contributed by atoms with Crippen molar-refractivity contribution in [2.24, 2.45) is 11.7 Å². The first-order chi connectivity index (χ1) is 9.31. The summed E-state index contributed by atoms with van der Waals surface area (Å²) in [5, 5.41) is 2.56. The second-order valence-corrected chi connectivity index (χ2v) is 5.91. The van der Waals surface area contributed by atoms with Crippen molar-refractivity contribution in [3.63, 3.8) is 0 Å². The van der Waals surface area contributed by atoms with Crippen LogP contribution in [-0.4, -0.2) is 12.2 Å². The number of hydrogen-bond acceptors (Lipinski definition) is 2. The second kappa shape index (κ2) is 4.32. The molecule has 0 spiro atoms. The molecule has 2 aromatic carbocycles. The van der Waals surface area contributed by atoms with Crippen molar-refractivity contribution in [3.8, 4) is 0 Å². The minimum Gasteiger partial charge on any atom is -0.375 e. The normalized spacial score (nSPS) is 30.9. The van der Waals surface area contributed by atoms with Gasteiger partial charge in [-0.25, -0.2) is 0 Å². The number of ether oxygens (including phenoxy) is 1. The van der Waals surface area contributed by atoms with Crippen LogP contribution in [0.25, 0.3) is 10.8 Å². The van der Waals surface area contributed by atoms with E-state index in [1.807, 2.05) is 0 Å². The summed E-state index contributed by atoms with van der Waals surface area (Å²) >= 11 is 0. The fraction of sp³-hybridized carbons (Fsp3) is 0.412. The predicted octanol–water partition coefficient (Wildman–Crippen LogP) is 3.41. The van der Waals surface area contributed by atoms with Crippen LogP contribution in [0.5, 0.6) is 0 Å². The molecule has 19 heavy (non-hydrogen) atoms. The standard InChI is InChI=1S/C17H19NO/c18-17(15-10-14-7-8-16(15)19-14)13-6-5-11-3-1-2-4-12(11)9-13/h1-6,9,14-17H,7-8,10,18H2. The molecule has 0 saturated carbocycles. The van der Waals surface area contributed by atoms with Crippen LogP contribution in [0.2, 0.25) is 0 Å². The molecule has 2 nitrogen and oxygen atoms in total. The average molecular weight is 253 g/mol. The molecule has 2 heteroatoms. The van der Waals surface area contributed by atoms with Gasteiger partial charge in [0.2, 0.25) is 0 Å². The highest BCUT2D eigenvalue weighted by atomic mass is 16.5. The van der Waals surface area contributed by atoms with Crippen molar-refractivity contribution in [1.29, 1.82) is 0 Å². The Labute approximate surface area is 113 Å². The smallest absolute Gasteiger partial charge is 0.0627 e. The van der Waals surface area contributed by atoms with E-state index in [1.165, 1.54) is 29.2 Å². The van der Waals surface area contributed by atoms with Crippen LogP contribution in [0.1, 0.15) is 30.9 Å². The molecular formula is C17H19NO. The maximum absolute atomic E-state index is 6.50. The average Bonchev–Trinajstić information content (AvgIpc) is 3.08. The summed E-state index contributed by atoms with van der Waals surface area (Å²) in [4.78, 5) is 0. The van der Waals surface area contributed by atoms with Crippen molar-refractivity contribution >= 4 is 10.8 Å². The van der Waals surface area contributed by atoms with Gasteiger partial charge in [-0.15, -0.1) is 0 Å². The molecule has 2 bridgehead atoms. The molecule has 0 amide bonds. The first-order valence-corrected chi connectivity index (χ1v) is 7.21. The summed E-state index contributed by atoms with van der Waals surface area (Å²) in [5.74, 6) is 0.500. The molecular weight excluding hydrogens is 234 g/mol. The third kappa shape index (κ3) is 1.87. The maximum Gasteiger partial charge on any atom is 0.0627 e. The number of benzene rings is 2. The Morgan fingerprint density at radius 1 is 1.05 bits per heavy atom. The van der Waals surface area contributed by atoms with Gasteiger partial charge in [-0.3, -0.25) is 0 Å². The Bertz CT molecular complexity index is 609. The molecule has 98 valence electrons. The molecule has 2 N–H and O–H groups in total. The van der Waals surface area contributed by atoms with Crippen LogP contribution in [0.4, 0.5) is 0 Å². The Kier molecular flexibility index (Phi) is 2.61. The molecule has 2 aliphatic heterocycles. The number of fused-ring (bicyclic) bond motifs is 3. The Morgan fingerprint density at radius 3 is 2.63 bits per heavy atom. The van der Waals surface area contributed by atoms with E-state index >= 15 is 0 Å². The SMILES string of the molecule is NC(c1ccc2ccccc2c1)C1CC2CCC1O2. The van der Waals surface area contributed by atoms with E-state index in [1.54, 1.807) is 0 Å². The number of rotatable bonds is 2. The van der Waals surface area contributed by atoms with E-state index in [0.717, 1.165) is 6.42 Å². The van der Waals surface area contributed by atoms with Crippen LogP contribution < -0.4 is 5.73 Å². The van der Waals surface area contributed by atoms with E-state index in [2.05, 4.69) is 42.5 Å². The van der Waals surface area contributed by atoms with Crippen molar-refractivity contribution < 1.29 is 4.74 Å². The van der Waals surface area contributed by atoms with Gasteiger partial charge in [0.1, 0.15) is 0 Å². The first-order valence-electron chi connectivity index (χ1n) is 7.21. The quantitative estimate of drug-likeness (QED) is 0.890. The van der Waals surface area contributed by atoms with Crippen molar-refractivity contribution in [2.45, 2.75) is 37.5 Å². The van der Waals surface area contributed by atoms with Crippen LogP contribution in [0.3, 0.4) is 0 Å². The Hall–Kier alpha value is -1.38. The summed E-state index contributed by atoms with van der Waals surface area (Å²) in [6.45, 7) is 0. The zero-order chi connectivity index (χ0) is 12.8. The summed E-state index contributed by atoms with van der Waals surface area (Å²) in [5.41, 5.74) is 7.75. The van der Waals surface area contributed by atoms with Crippen molar-refractivity contribution in [3.05, 3.63) is 48.0 Å². The van der Waals surface area contributed by atoms with Crippen LogP contribution in [0.15, 0.2) is 42.5 Å². The van der Waals surface area contributed by atoms with Gasteiger partial charge in [-0.2, -0.15) is 0 Å². The molecule has 4 atom stereocenters. The van der Waals surface area contributed by atoms with Gasteiger partial charge in [0.05, 0.1) is 12.2 Å².